The Morgan fingerprint density at radius 3 is 2.61 bits per heavy atom. The predicted octanol–water partition coefficient (Wildman–Crippen LogP) is 3.88. The zero-order valence-electron chi connectivity index (χ0n) is 14.4. The number of rotatable bonds is 7. The Hall–Kier alpha value is -1.89. The van der Waals surface area contributed by atoms with E-state index in [4.69, 9.17) is 14.3 Å². The minimum Gasteiger partial charge on any atom is -0.350 e. The summed E-state index contributed by atoms with van der Waals surface area (Å²) < 4.78 is 53.1. The van der Waals surface area contributed by atoms with E-state index >= 15 is 0 Å². The molecule has 1 heterocycles. The van der Waals surface area contributed by atoms with Crippen LogP contribution in [0.3, 0.4) is 0 Å². The Morgan fingerprint density at radius 2 is 1.89 bits per heavy atom. The molecule has 0 unspecified atom stereocenters. The molecular weight excluding hydrogens is 492 g/mol. The number of halogens is 4. The van der Waals surface area contributed by atoms with Gasteiger partial charge >= 0.3 is 0 Å². The summed E-state index contributed by atoms with van der Waals surface area (Å²) in [5.74, 6) is -3.98. The first-order valence-corrected chi connectivity index (χ1v) is 9.39. The lowest BCUT2D eigenvalue weighted by Crippen LogP contribution is -2.26. The lowest BCUT2D eigenvalue weighted by atomic mass is 10.1. The van der Waals surface area contributed by atoms with Gasteiger partial charge in [-0.3, -0.25) is 9.63 Å². The highest BCUT2D eigenvalue weighted by atomic mass is 127. The normalized spacial score (nSPS) is 14.3. The number of nitrogens with one attached hydrogen (secondary N) is 2. The first kappa shape index (κ1) is 20.8. The second-order valence-corrected chi connectivity index (χ2v) is 7.02. The summed E-state index contributed by atoms with van der Waals surface area (Å²) in [5.41, 5.74) is 1.30. The van der Waals surface area contributed by atoms with E-state index < -0.39 is 35.3 Å². The Labute approximate surface area is 172 Å². The van der Waals surface area contributed by atoms with Gasteiger partial charge in [0.15, 0.2) is 17.9 Å². The maximum absolute atomic E-state index is 14.3. The fourth-order valence-electron chi connectivity index (χ4n) is 2.49. The molecule has 1 aliphatic rings. The Bertz CT molecular complexity index is 863. The number of amides is 1. The number of ether oxygens (including phenoxy) is 2. The summed E-state index contributed by atoms with van der Waals surface area (Å²) in [6.45, 7) is 1.08. The van der Waals surface area contributed by atoms with E-state index in [-0.39, 0.29) is 17.9 Å². The van der Waals surface area contributed by atoms with Crippen LogP contribution in [-0.2, 0) is 14.3 Å². The van der Waals surface area contributed by atoms with Crippen molar-refractivity contribution in [3.05, 3.63) is 56.9 Å². The smallest absolute Gasteiger partial charge is 0.277 e. The quantitative estimate of drug-likeness (QED) is 0.338. The Balaban J connectivity index is 1.71. The minimum absolute atomic E-state index is 0.0919. The van der Waals surface area contributed by atoms with Gasteiger partial charge in [-0.15, -0.1) is 0 Å². The van der Waals surface area contributed by atoms with Crippen molar-refractivity contribution < 1.29 is 32.3 Å². The van der Waals surface area contributed by atoms with Gasteiger partial charge in [-0.25, -0.2) is 18.7 Å². The third kappa shape index (κ3) is 5.13. The van der Waals surface area contributed by atoms with E-state index in [2.05, 4.69) is 10.8 Å². The molecule has 1 saturated heterocycles. The molecule has 2 aromatic carbocycles. The Morgan fingerprint density at radius 1 is 1.14 bits per heavy atom. The van der Waals surface area contributed by atoms with Gasteiger partial charge in [0.05, 0.1) is 36.8 Å². The molecule has 2 aromatic rings. The Kier molecular flexibility index (Phi) is 7.10. The van der Waals surface area contributed by atoms with Gasteiger partial charge in [-0.1, -0.05) is 0 Å². The highest BCUT2D eigenvalue weighted by Crippen LogP contribution is 2.28. The van der Waals surface area contributed by atoms with E-state index in [1.165, 1.54) is 12.1 Å². The fourth-order valence-corrected chi connectivity index (χ4v) is 2.94. The van der Waals surface area contributed by atoms with Crippen LogP contribution < -0.4 is 10.8 Å². The zero-order chi connectivity index (χ0) is 20.1. The third-order valence-electron chi connectivity index (χ3n) is 3.84. The molecule has 2 N–H and O–H groups in total. The van der Waals surface area contributed by atoms with Gasteiger partial charge in [0.1, 0.15) is 5.82 Å². The van der Waals surface area contributed by atoms with Crippen molar-refractivity contribution in [1.29, 1.82) is 0 Å². The molecule has 3 rings (SSSR count). The van der Waals surface area contributed by atoms with E-state index in [0.29, 0.717) is 23.2 Å². The van der Waals surface area contributed by atoms with Crippen LogP contribution in [-0.4, -0.2) is 32.0 Å². The average Bonchev–Trinajstić information content (AvgIpc) is 3.18. The average molecular weight is 508 g/mol. The number of hydroxylamine groups is 1. The molecule has 0 aromatic heterocycles. The summed E-state index contributed by atoms with van der Waals surface area (Å²) in [6, 6.07) is 6.05. The van der Waals surface area contributed by atoms with Gasteiger partial charge in [-0.2, -0.15) is 0 Å². The maximum atomic E-state index is 14.3. The van der Waals surface area contributed by atoms with Crippen molar-refractivity contribution in [2.45, 2.75) is 12.7 Å². The molecular formula is C18H16F3IN2O4. The van der Waals surface area contributed by atoms with Crippen LogP contribution in [0.25, 0.3) is 0 Å². The summed E-state index contributed by atoms with van der Waals surface area (Å²) in [7, 11) is 0. The second kappa shape index (κ2) is 9.54. The predicted molar refractivity (Wildman–Crippen MR) is 102 cm³/mol. The van der Waals surface area contributed by atoms with Crippen molar-refractivity contribution in [3.8, 4) is 0 Å². The lowest BCUT2D eigenvalue weighted by Gasteiger charge is -2.15. The fraction of sp³-hybridized carbons (Fsp3) is 0.278. The van der Waals surface area contributed by atoms with Crippen LogP contribution in [0, 0.1) is 21.0 Å². The molecule has 6 nitrogen and oxygen atoms in total. The molecule has 0 spiro atoms. The van der Waals surface area contributed by atoms with E-state index in [1.807, 2.05) is 22.6 Å². The number of anilines is 2. The number of carbonyl (C=O) groups excluding carboxylic acids is 1. The van der Waals surface area contributed by atoms with Crippen LogP contribution in [0.2, 0.25) is 0 Å². The number of hydrogen-bond donors (Lipinski definition) is 2. The van der Waals surface area contributed by atoms with Gasteiger partial charge in [0.25, 0.3) is 5.91 Å². The molecule has 10 heteroatoms. The summed E-state index contributed by atoms with van der Waals surface area (Å²) in [4.78, 5) is 17.4. The van der Waals surface area contributed by atoms with Gasteiger partial charge in [0.2, 0.25) is 0 Å². The standard InChI is InChI=1S/C18H16F3IN2O4/c19-12-3-2-11(18(25)24-28-6-5-15-26-7-8-27-15)17(16(12)21)23-14-4-1-10(22)9-13(14)20/h1-4,9,15,23H,5-8H2,(H,24,25). The summed E-state index contributed by atoms with van der Waals surface area (Å²) in [5, 5.41) is 2.44. The van der Waals surface area contributed by atoms with Crippen molar-refractivity contribution in [3.63, 3.8) is 0 Å². The topological polar surface area (TPSA) is 68.8 Å². The number of carbonyl (C=O) groups is 1. The minimum atomic E-state index is -1.31. The van der Waals surface area contributed by atoms with Gasteiger partial charge < -0.3 is 14.8 Å². The summed E-state index contributed by atoms with van der Waals surface area (Å²) >= 11 is 1.91. The highest BCUT2D eigenvalue weighted by molar-refractivity contribution is 14.1. The molecule has 0 bridgehead atoms. The van der Waals surface area contributed by atoms with Crippen molar-refractivity contribution in [1.82, 2.24) is 5.48 Å². The highest BCUT2D eigenvalue weighted by Gasteiger charge is 2.21. The van der Waals surface area contributed by atoms with Crippen LogP contribution >= 0.6 is 22.6 Å². The molecule has 28 heavy (non-hydrogen) atoms. The van der Waals surface area contributed by atoms with Crippen LogP contribution in [0.15, 0.2) is 30.3 Å². The van der Waals surface area contributed by atoms with Crippen molar-refractivity contribution >= 4 is 39.9 Å². The third-order valence-corrected chi connectivity index (χ3v) is 4.51. The molecule has 1 amide bonds. The zero-order valence-corrected chi connectivity index (χ0v) is 16.6. The first-order chi connectivity index (χ1) is 13.5. The monoisotopic (exact) mass is 508 g/mol. The molecule has 150 valence electrons. The molecule has 1 aliphatic heterocycles. The van der Waals surface area contributed by atoms with Crippen LogP contribution in [0.4, 0.5) is 24.5 Å². The number of benzene rings is 2. The largest absolute Gasteiger partial charge is 0.350 e. The van der Waals surface area contributed by atoms with Crippen molar-refractivity contribution in [2.24, 2.45) is 0 Å². The number of hydrogen-bond acceptors (Lipinski definition) is 5. The molecule has 0 atom stereocenters. The van der Waals surface area contributed by atoms with E-state index in [1.54, 1.807) is 6.07 Å². The molecule has 0 aliphatic carbocycles. The molecule has 0 radical (unpaired) electrons. The SMILES string of the molecule is O=C(NOCCC1OCCO1)c1ccc(F)c(F)c1Nc1ccc(I)cc1F. The lowest BCUT2D eigenvalue weighted by molar-refractivity contribution is -0.0697. The van der Waals surface area contributed by atoms with Gasteiger partial charge in [-0.05, 0) is 52.9 Å². The van der Waals surface area contributed by atoms with Crippen molar-refractivity contribution in [2.75, 3.05) is 25.1 Å². The maximum Gasteiger partial charge on any atom is 0.277 e. The molecule has 1 fully saturated rings. The van der Waals surface area contributed by atoms with Gasteiger partial charge in [0, 0.05) is 9.99 Å². The van der Waals surface area contributed by atoms with Crippen LogP contribution in [0.1, 0.15) is 16.8 Å². The second-order valence-electron chi connectivity index (χ2n) is 5.77. The van der Waals surface area contributed by atoms with Crippen LogP contribution in [0.5, 0.6) is 0 Å². The molecule has 0 saturated carbocycles. The summed E-state index contributed by atoms with van der Waals surface area (Å²) in [6.07, 6.45) is -0.0157. The van der Waals surface area contributed by atoms with E-state index in [0.717, 1.165) is 12.1 Å². The van der Waals surface area contributed by atoms with E-state index in [9.17, 15) is 18.0 Å². The first-order valence-electron chi connectivity index (χ1n) is 8.31.